The maximum absolute atomic E-state index is 12.3. The molecule has 0 aliphatic carbocycles. The van der Waals surface area contributed by atoms with Gasteiger partial charge in [-0.2, -0.15) is 4.31 Å². The Morgan fingerprint density at radius 2 is 2.00 bits per heavy atom. The second-order valence-corrected chi connectivity index (χ2v) is 6.14. The quantitative estimate of drug-likeness (QED) is 0.641. The van der Waals surface area contributed by atoms with Crippen LogP contribution in [0.2, 0.25) is 0 Å². The zero-order valence-corrected chi connectivity index (χ0v) is 10.6. The molecule has 92 valence electrons. The second-order valence-electron chi connectivity index (χ2n) is 4.20. The van der Waals surface area contributed by atoms with Crippen molar-refractivity contribution in [2.45, 2.75) is 18.2 Å². The Balaban J connectivity index is 2.40. The molecule has 1 aromatic carbocycles. The fraction of sp³-hybridized carbons (Fsp3) is 0.333. The van der Waals surface area contributed by atoms with Gasteiger partial charge >= 0.3 is 0 Å². The molecule has 17 heavy (non-hydrogen) atoms. The molecule has 0 saturated carbocycles. The van der Waals surface area contributed by atoms with Crippen LogP contribution in [0.3, 0.4) is 0 Å². The van der Waals surface area contributed by atoms with Gasteiger partial charge in [-0.15, -0.1) is 0 Å². The number of hydrogen-bond donors (Lipinski definition) is 1. The first-order chi connectivity index (χ1) is 8.00. The third-order valence-electron chi connectivity index (χ3n) is 2.73. The summed E-state index contributed by atoms with van der Waals surface area (Å²) in [4.78, 5) is 0.283. The predicted octanol–water partition coefficient (Wildman–Crippen LogP) is 1.53. The Morgan fingerprint density at radius 1 is 1.24 bits per heavy atom. The van der Waals surface area contributed by atoms with Crippen molar-refractivity contribution < 1.29 is 8.42 Å². The fourth-order valence-electron chi connectivity index (χ4n) is 1.91. The van der Waals surface area contributed by atoms with Crippen molar-refractivity contribution in [3.05, 3.63) is 35.9 Å². The van der Waals surface area contributed by atoms with Gasteiger partial charge in [0.2, 0.25) is 10.0 Å². The van der Waals surface area contributed by atoms with Gasteiger partial charge in [-0.3, -0.25) is 0 Å². The van der Waals surface area contributed by atoms with Gasteiger partial charge in [0.15, 0.2) is 0 Å². The van der Waals surface area contributed by atoms with Crippen LogP contribution in [0.15, 0.2) is 35.2 Å². The Bertz CT molecular complexity index is 529. The van der Waals surface area contributed by atoms with E-state index < -0.39 is 10.0 Å². The average Bonchev–Trinajstić information content (AvgIpc) is 2.29. The van der Waals surface area contributed by atoms with Gasteiger partial charge in [0, 0.05) is 18.8 Å². The van der Waals surface area contributed by atoms with Crippen molar-refractivity contribution in [3.63, 3.8) is 0 Å². The van der Waals surface area contributed by atoms with Crippen LogP contribution in [0.5, 0.6) is 0 Å². The SMILES string of the molecule is Cc1cc(N)cc(S(=O)(=O)N2CC=CCC2)c1. The van der Waals surface area contributed by atoms with Crippen LogP contribution in [0.4, 0.5) is 5.69 Å². The lowest BCUT2D eigenvalue weighted by Crippen LogP contribution is -2.33. The van der Waals surface area contributed by atoms with Crippen LogP contribution >= 0.6 is 0 Å². The minimum absolute atomic E-state index is 0.283. The summed E-state index contributed by atoms with van der Waals surface area (Å²) in [5.41, 5.74) is 7.03. The van der Waals surface area contributed by atoms with E-state index in [1.807, 2.05) is 19.1 Å². The lowest BCUT2D eigenvalue weighted by Gasteiger charge is -2.23. The molecular weight excluding hydrogens is 236 g/mol. The number of nitrogen functional groups attached to an aromatic ring is 1. The van der Waals surface area contributed by atoms with E-state index in [-0.39, 0.29) is 4.90 Å². The molecule has 0 aromatic heterocycles. The van der Waals surface area contributed by atoms with E-state index in [1.54, 1.807) is 12.1 Å². The minimum Gasteiger partial charge on any atom is -0.399 e. The zero-order chi connectivity index (χ0) is 12.5. The Kier molecular flexibility index (Phi) is 3.22. The summed E-state index contributed by atoms with van der Waals surface area (Å²) in [6, 6.07) is 4.93. The Hall–Kier alpha value is -1.33. The molecule has 0 radical (unpaired) electrons. The van der Waals surface area contributed by atoms with E-state index >= 15 is 0 Å². The number of nitrogens with zero attached hydrogens (tertiary/aromatic N) is 1. The largest absolute Gasteiger partial charge is 0.399 e. The third-order valence-corrected chi connectivity index (χ3v) is 4.57. The summed E-state index contributed by atoms with van der Waals surface area (Å²) in [6.45, 7) is 2.81. The molecule has 1 aromatic rings. The maximum Gasteiger partial charge on any atom is 0.243 e. The van der Waals surface area contributed by atoms with Gasteiger partial charge in [-0.05, 0) is 37.1 Å². The summed E-state index contributed by atoms with van der Waals surface area (Å²) in [5.74, 6) is 0. The number of hydrogen-bond acceptors (Lipinski definition) is 3. The smallest absolute Gasteiger partial charge is 0.243 e. The van der Waals surface area contributed by atoms with Crippen LogP contribution in [0.25, 0.3) is 0 Å². The molecule has 0 unspecified atom stereocenters. The van der Waals surface area contributed by atoms with E-state index in [4.69, 9.17) is 5.73 Å². The van der Waals surface area contributed by atoms with Crippen LogP contribution in [0, 0.1) is 6.92 Å². The van der Waals surface area contributed by atoms with Gasteiger partial charge in [-0.1, -0.05) is 12.2 Å². The molecule has 0 saturated heterocycles. The van der Waals surface area contributed by atoms with E-state index in [9.17, 15) is 8.42 Å². The van der Waals surface area contributed by atoms with Crippen LogP contribution in [-0.2, 0) is 10.0 Å². The van der Waals surface area contributed by atoms with Crippen molar-refractivity contribution in [3.8, 4) is 0 Å². The molecule has 0 amide bonds. The van der Waals surface area contributed by atoms with Crippen molar-refractivity contribution in [2.75, 3.05) is 18.8 Å². The molecule has 2 rings (SSSR count). The summed E-state index contributed by atoms with van der Waals surface area (Å²) in [7, 11) is -3.40. The molecule has 4 nitrogen and oxygen atoms in total. The monoisotopic (exact) mass is 252 g/mol. The highest BCUT2D eigenvalue weighted by molar-refractivity contribution is 7.89. The van der Waals surface area contributed by atoms with Gasteiger partial charge in [0.25, 0.3) is 0 Å². The molecule has 1 aliphatic heterocycles. The van der Waals surface area contributed by atoms with Crippen LogP contribution in [0.1, 0.15) is 12.0 Å². The number of rotatable bonds is 2. The number of nitrogens with two attached hydrogens (primary N) is 1. The van der Waals surface area contributed by atoms with Crippen molar-refractivity contribution >= 4 is 15.7 Å². The number of aryl methyl sites for hydroxylation is 1. The summed E-state index contributed by atoms with van der Waals surface area (Å²) >= 11 is 0. The van der Waals surface area contributed by atoms with Crippen molar-refractivity contribution in [1.29, 1.82) is 0 Å². The summed E-state index contributed by atoms with van der Waals surface area (Å²) in [6.07, 6.45) is 4.64. The first kappa shape index (κ1) is 12.1. The van der Waals surface area contributed by atoms with Gasteiger partial charge in [0.05, 0.1) is 4.90 Å². The van der Waals surface area contributed by atoms with E-state index in [1.165, 1.54) is 10.4 Å². The highest BCUT2D eigenvalue weighted by Gasteiger charge is 2.24. The first-order valence-corrected chi connectivity index (χ1v) is 6.96. The normalized spacial score (nSPS) is 17.2. The minimum atomic E-state index is -3.40. The molecule has 0 fully saturated rings. The van der Waals surface area contributed by atoms with Crippen molar-refractivity contribution in [1.82, 2.24) is 4.31 Å². The highest BCUT2D eigenvalue weighted by atomic mass is 32.2. The topological polar surface area (TPSA) is 63.4 Å². The molecule has 0 bridgehead atoms. The molecule has 0 atom stereocenters. The lowest BCUT2D eigenvalue weighted by atomic mass is 10.2. The maximum atomic E-state index is 12.3. The lowest BCUT2D eigenvalue weighted by molar-refractivity contribution is 0.437. The fourth-order valence-corrected chi connectivity index (χ4v) is 3.46. The summed E-state index contributed by atoms with van der Waals surface area (Å²) < 4.78 is 26.1. The first-order valence-electron chi connectivity index (χ1n) is 5.52. The number of anilines is 1. The second kappa shape index (κ2) is 4.50. The molecular formula is C12H16N2O2S. The average molecular weight is 252 g/mol. The van der Waals surface area contributed by atoms with Gasteiger partial charge in [-0.25, -0.2) is 8.42 Å². The zero-order valence-electron chi connectivity index (χ0n) is 9.76. The van der Waals surface area contributed by atoms with Gasteiger partial charge < -0.3 is 5.73 Å². The molecule has 5 heteroatoms. The molecule has 1 heterocycles. The Morgan fingerprint density at radius 3 is 2.59 bits per heavy atom. The Labute approximate surface area is 102 Å². The van der Waals surface area contributed by atoms with Crippen molar-refractivity contribution in [2.24, 2.45) is 0 Å². The van der Waals surface area contributed by atoms with Gasteiger partial charge in [0.1, 0.15) is 0 Å². The van der Waals surface area contributed by atoms with E-state index in [0.29, 0.717) is 18.8 Å². The predicted molar refractivity (Wildman–Crippen MR) is 68.1 cm³/mol. The number of sulfonamides is 1. The molecule has 0 spiro atoms. The summed E-state index contributed by atoms with van der Waals surface area (Å²) in [5, 5.41) is 0. The van der Waals surface area contributed by atoms with E-state index in [0.717, 1.165) is 12.0 Å². The van der Waals surface area contributed by atoms with Crippen LogP contribution in [-0.4, -0.2) is 25.8 Å². The highest BCUT2D eigenvalue weighted by Crippen LogP contribution is 2.21. The number of benzene rings is 1. The molecule has 1 aliphatic rings. The van der Waals surface area contributed by atoms with Crippen LogP contribution < -0.4 is 5.73 Å². The standard InChI is InChI=1S/C12H16N2O2S/c1-10-7-11(13)9-12(8-10)17(15,16)14-5-3-2-4-6-14/h2-3,7-9H,4-6,13H2,1H3. The van der Waals surface area contributed by atoms with E-state index in [2.05, 4.69) is 0 Å². The molecule has 2 N–H and O–H groups in total. The third kappa shape index (κ3) is 2.50.